The first-order valence-electron chi connectivity index (χ1n) is 10.0. The van der Waals surface area contributed by atoms with Gasteiger partial charge in [0.25, 0.3) is 0 Å². The average molecular weight is 431 g/mol. The summed E-state index contributed by atoms with van der Waals surface area (Å²) in [7, 11) is 0. The van der Waals surface area contributed by atoms with E-state index < -0.39 is 12.1 Å². The van der Waals surface area contributed by atoms with Gasteiger partial charge in [0, 0.05) is 22.4 Å². The van der Waals surface area contributed by atoms with Gasteiger partial charge >= 0.3 is 5.97 Å². The van der Waals surface area contributed by atoms with Crippen molar-refractivity contribution in [3.63, 3.8) is 0 Å². The summed E-state index contributed by atoms with van der Waals surface area (Å²) in [6, 6.07) is 7.12. The Morgan fingerprint density at radius 2 is 2.04 bits per heavy atom. The minimum Gasteiger partial charge on any atom is -0.491 e. The molecule has 1 fully saturated rings. The first kappa shape index (κ1) is 23.3. The van der Waals surface area contributed by atoms with Crippen molar-refractivity contribution in [3.05, 3.63) is 29.3 Å². The van der Waals surface area contributed by atoms with Crippen LogP contribution in [-0.2, 0) is 4.79 Å². The topological polar surface area (TPSA) is 87.0 Å². The fourth-order valence-corrected chi connectivity index (χ4v) is 5.25. The van der Waals surface area contributed by atoms with Crippen molar-refractivity contribution in [2.24, 2.45) is 5.92 Å². The normalized spacial score (nSPS) is 22.9. The van der Waals surface area contributed by atoms with Gasteiger partial charge in [-0.2, -0.15) is 11.8 Å². The Bertz CT molecular complexity index is 600. The van der Waals surface area contributed by atoms with Crippen LogP contribution in [0.25, 0.3) is 0 Å². The second kappa shape index (κ2) is 12.6. The molecule has 0 heterocycles. The summed E-state index contributed by atoms with van der Waals surface area (Å²) in [6.45, 7) is 0.219. The first-order valence-corrected chi connectivity index (χ1v) is 11.5. The van der Waals surface area contributed by atoms with Gasteiger partial charge in [0.2, 0.25) is 0 Å². The number of thioether (sulfide) groups is 1. The standard InChI is InChI=1S/C21H31ClO5S/c22-15-6-5-7-17(12-15)27-13-16(23)14-28-20-11-10-19(24)18(20)8-3-1-2-4-9-21(25)26/h5-7,12,16,18-20,23-24H,1-4,8-11,13-14H2,(H,25,26). The van der Waals surface area contributed by atoms with E-state index in [-0.39, 0.29) is 25.0 Å². The molecule has 4 unspecified atom stereocenters. The fourth-order valence-electron chi connectivity index (χ4n) is 3.64. The van der Waals surface area contributed by atoms with Crippen molar-refractivity contribution >= 4 is 29.3 Å². The molecule has 0 amide bonds. The molecule has 4 atom stereocenters. The number of benzene rings is 1. The predicted octanol–water partition coefficient (Wildman–Crippen LogP) is 4.38. The van der Waals surface area contributed by atoms with E-state index in [2.05, 4.69) is 0 Å². The smallest absolute Gasteiger partial charge is 0.303 e. The van der Waals surface area contributed by atoms with E-state index in [1.807, 2.05) is 12.1 Å². The molecule has 3 N–H and O–H groups in total. The van der Waals surface area contributed by atoms with Gasteiger partial charge < -0.3 is 20.1 Å². The number of hydrogen-bond acceptors (Lipinski definition) is 5. The van der Waals surface area contributed by atoms with Crippen molar-refractivity contribution in [1.29, 1.82) is 0 Å². The maximum atomic E-state index is 10.5. The van der Waals surface area contributed by atoms with Crippen LogP contribution >= 0.6 is 23.4 Å². The first-order chi connectivity index (χ1) is 13.5. The molecule has 28 heavy (non-hydrogen) atoms. The zero-order valence-electron chi connectivity index (χ0n) is 16.1. The van der Waals surface area contributed by atoms with E-state index in [1.165, 1.54) is 0 Å². The SMILES string of the molecule is O=C(O)CCCCCCC1C(O)CCC1SCC(O)COc1cccc(Cl)c1. The third-order valence-electron chi connectivity index (χ3n) is 5.14. The van der Waals surface area contributed by atoms with Crippen LogP contribution < -0.4 is 4.74 Å². The molecule has 7 heteroatoms. The molecule has 0 spiro atoms. The number of carboxylic acids is 1. The number of halogens is 1. The number of rotatable bonds is 13. The molecule has 2 rings (SSSR count). The Morgan fingerprint density at radius 3 is 2.79 bits per heavy atom. The van der Waals surface area contributed by atoms with Gasteiger partial charge in [0.15, 0.2) is 0 Å². The number of aliphatic hydroxyl groups excluding tert-OH is 2. The fraction of sp³-hybridized carbons (Fsp3) is 0.667. The second-order valence-corrected chi connectivity index (χ2v) is 9.16. The molecule has 1 aliphatic carbocycles. The van der Waals surface area contributed by atoms with E-state index >= 15 is 0 Å². The number of ether oxygens (including phenoxy) is 1. The van der Waals surface area contributed by atoms with Crippen LogP contribution in [0, 0.1) is 5.92 Å². The molecule has 158 valence electrons. The lowest BCUT2D eigenvalue weighted by molar-refractivity contribution is -0.137. The third kappa shape index (κ3) is 8.60. The summed E-state index contributed by atoms with van der Waals surface area (Å²) in [5.74, 6) is 0.743. The van der Waals surface area contributed by atoms with Gasteiger partial charge in [-0.05, 0) is 49.8 Å². The van der Waals surface area contributed by atoms with Crippen LogP contribution in [0.3, 0.4) is 0 Å². The second-order valence-electron chi connectivity index (χ2n) is 7.45. The van der Waals surface area contributed by atoms with Crippen LogP contribution in [0.1, 0.15) is 51.4 Å². The summed E-state index contributed by atoms with van der Waals surface area (Å²) >= 11 is 7.64. The molecule has 0 aromatic heterocycles. The van der Waals surface area contributed by atoms with Gasteiger partial charge in [-0.3, -0.25) is 4.79 Å². The Hall–Kier alpha value is -0.950. The number of unbranched alkanes of at least 4 members (excludes halogenated alkanes) is 3. The van der Waals surface area contributed by atoms with E-state index in [1.54, 1.807) is 23.9 Å². The van der Waals surface area contributed by atoms with Crippen molar-refractivity contribution < 1.29 is 24.9 Å². The maximum Gasteiger partial charge on any atom is 0.303 e. The number of carbonyl (C=O) groups is 1. The molecule has 1 saturated carbocycles. The lowest BCUT2D eigenvalue weighted by Gasteiger charge is -2.23. The number of aliphatic carboxylic acids is 1. The molecule has 0 radical (unpaired) electrons. The van der Waals surface area contributed by atoms with E-state index in [9.17, 15) is 15.0 Å². The highest BCUT2D eigenvalue weighted by Crippen LogP contribution is 2.38. The van der Waals surface area contributed by atoms with Crippen molar-refractivity contribution in [2.75, 3.05) is 12.4 Å². The van der Waals surface area contributed by atoms with E-state index in [0.29, 0.717) is 21.8 Å². The summed E-state index contributed by atoms with van der Waals surface area (Å²) < 4.78 is 5.59. The van der Waals surface area contributed by atoms with Gasteiger partial charge in [-0.1, -0.05) is 36.9 Å². The largest absolute Gasteiger partial charge is 0.491 e. The Labute approximate surface area is 176 Å². The molecule has 0 aliphatic heterocycles. The van der Waals surface area contributed by atoms with Gasteiger partial charge in [0.1, 0.15) is 12.4 Å². The Balaban J connectivity index is 1.64. The maximum absolute atomic E-state index is 10.5. The highest BCUT2D eigenvalue weighted by Gasteiger charge is 2.34. The number of hydrogen-bond donors (Lipinski definition) is 3. The van der Waals surface area contributed by atoms with Crippen molar-refractivity contribution in [1.82, 2.24) is 0 Å². The van der Waals surface area contributed by atoms with E-state index in [0.717, 1.165) is 44.9 Å². The third-order valence-corrected chi connectivity index (χ3v) is 6.96. The molecule has 0 bridgehead atoms. The van der Waals surface area contributed by atoms with Crippen LogP contribution in [0.4, 0.5) is 0 Å². The van der Waals surface area contributed by atoms with Crippen LogP contribution in [0.5, 0.6) is 5.75 Å². The highest BCUT2D eigenvalue weighted by atomic mass is 35.5. The van der Waals surface area contributed by atoms with Crippen LogP contribution in [0.15, 0.2) is 24.3 Å². The molecule has 1 aromatic carbocycles. The minimum atomic E-state index is -0.736. The van der Waals surface area contributed by atoms with Gasteiger partial charge in [0.05, 0.1) is 12.2 Å². The number of carboxylic acid groups (broad SMARTS) is 1. The molecular weight excluding hydrogens is 400 g/mol. The zero-order valence-corrected chi connectivity index (χ0v) is 17.7. The molecule has 1 aromatic rings. The Kier molecular flexibility index (Phi) is 10.5. The van der Waals surface area contributed by atoms with Crippen LogP contribution in [-0.4, -0.2) is 51.1 Å². The van der Waals surface area contributed by atoms with Crippen molar-refractivity contribution in [2.45, 2.75) is 68.8 Å². The monoisotopic (exact) mass is 430 g/mol. The summed E-state index contributed by atoms with van der Waals surface area (Å²) in [5.41, 5.74) is 0. The van der Waals surface area contributed by atoms with Gasteiger partial charge in [-0.25, -0.2) is 0 Å². The zero-order chi connectivity index (χ0) is 20.4. The number of aliphatic hydroxyl groups is 2. The molecule has 0 saturated heterocycles. The van der Waals surface area contributed by atoms with Gasteiger partial charge in [-0.15, -0.1) is 0 Å². The van der Waals surface area contributed by atoms with E-state index in [4.69, 9.17) is 21.4 Å². The van der Waals surface area contributed by atoms with Crippen molar-refractivity contribution in [3.8, 4) is 5.75 Å². The molecule has 5 nitrogen and oxygen atoms in total. The quantitative estimate of drug-likeness (QED) is 0.402. The van der Waals surface area contributed by atoms with Crippen LogP contribution in [0.2, 0.25) is 5.02 Å². The lowest BCUT2D eigenvalue weighted by atomic mass is 9.97. The average Bonchev–Trinajstić information content (AvgIpc) is 3.01. The Morgan fingerprint density at radius 1 is 1.25 bits per heavy atom. The highest BCUT2D eigenvalue weighted by molar-refractivity contribution is 7.99. The lowest BCUT2D eigenvalue weighted by Crippen LogP contribution is -2.25. The molecular formula is C21H31ClO5S. The predicted molar refractivity (Wildman–Crippen MR) is 113 cm³/mol. The minimum absolute atomic E-state index is 0.219. The summed E-state index contributed by atoms with van der Waals surface area (Å²) in [6.07, 6.45) is 5.80. The molecule has 1 aliphatic rings. The summed E-state index contributed by atoms with van der Waals surface area (Å²) in [5, 5.41) is 30.1. The summed E-state index contributed by atoms with van der Waals surface area (Å²) in [4.78, 5) is 10.5.